The zero-order valence-electron chi connectivity index (χ0n) is 10.2. The quantitative estimate of drug-likeness (QED) is 0.611. The van der Waals surface area contributed by atoms with Gasteiger partial charge in [-0.3, -0.25) is 16.3 Å². The molecule has 90 valence electrons. The van der Waals surface area contributed by atoms with Crippen LogP contribution in [0.15, 0.2) is 36.5 Å². The summed E-state index contributed by atoms with van der Waals surface area (Å²) in [6.45, 7) is 2.18. The second-order valence-electron chi connectivity index (χ2n) is 4.34. The molecule has 0 aliphatic carbocycles. The Morgan fingerprint density at radius 3 is 2.88 bits per heavy atom. The molecule has 1 unspecified atom stereocenters. The second-order valence-corrected chi connectivity index (χ2v) is 4.34. The minimum atomic E-state index is 0.339. The van der Waals surface area contributed by atoms with E-state index >= 15 is 0 Å². The number of hydrogen-bond acceptors (Lipinski definition) is 3. The summed E-state index contributed by atoms with van der Waals surface area (Å²) >= 11 is 0. The lowest BCUT2D eigenvalue weighted by atomic mass is 9.99. The Balaban J connectivity index is 2.28. The Morgan fingerprint density at radius 1 is 1.29 bits per heavy atom. The number of pyridine rings is 1. The van der Waals surface area contributed by atoms with Gasteiger partial charge in [-0.25, -0.2) is 0 Å². The van der Waals surface area contributed by atoms with Crippen molar-refractivity contribution in [3.8, 4) is 0 Å². The van der Waals surface area contributed by atoms with Gasteiger partial charge in [-0.15, -0.1) is 0 Å². The van der Waals surface area contributed by atoms with Crippen LogP contribution in [-0.2, 0) is 6.42 Å². The molecule has 0 aliphatic heterocycles. The Morgan fingerprint density at radius 2 is 2.12 bits per heavy atom. The minimum absolute atomic E-state index is 0.339. The lowest BCUT2D eigenvalue weighted by Gasteiger charge is -2.15. The van der Waals surface area contributed by atoms with Gasteiger partial charge in [0, 0.05) is 17.6 Å². The van der Waals surface area contributed by atoms with Crippen molar-refractivity contribution in [2.75, 3.05) is 0 Å². The van der Waals surface area contributed by atoms with Crippen LogP contribution in [0.5, 0.6) is 0 Å². The minimum Gasteiger partial charge on any atom is -0.271 e. The summed E-state index contributed by atoms with van der Waals surface area (Å²) in [5.74, 6) is 5.59. The average molecular weight is 229 g/mol. The molecule has 0 saturated heterocycles. The Kier molecular flexibility index (Phi) is 4.07. The first kappa shape index (κ1) is 12.0. The van der Waals surface area contributed by atoms with Crippen LogP contribution in [0.2, 0.25) is 0 Å². The molecular weight excluding hydrogens is 210 g/mol. The van der Waals surface area contributed by atoms with Crippen LogP contribution in [0.25, 0.3) is 10.9 Å². The molecule has 1 heterocycles. The monoisotopic (exact) mass is 229 g/mol. The van der Waals surface area contributed by atoms with E-state index in [1.54, 1.807) is 0 Å². The van der Waals surface area contributed by atoms with E-state index in [1.165, 1.54) is 10.9 Å². The van der Waals surface area contributed by atoms with Crippen molar-refractivity contribution in [2.45, 2.75) is 32.2 Å². The summed E-state index contributed by atoms with van der Waals surface area (Å²) in [6.07, 6.45) is 5.05. The van der Waals surface area contributed by atoms with Crippen molar-refractivity contribution in [3.63, 3.8) is 0 Å². The molecule has 1 aromatic carbocycles. The highest BCUT2D eigenvalue weighted by Crippen LogP contribution is 2.18. The van der Waals surface area contributed by atoms with E-state index in [9.17, 15) is 0 Å². The largest absolute Gasteiger partial charge is 0.271 e. The molecule has 0 aliphatic rings. The highest BCUT2D eigenvalue weighted by Gasteiger charge is 2.09. The molecule has 0 bridgehead atoms. The number of aromatic nitrogens is 1. The van der Waals surface area contributed by atoms with E-state index in [0.717, 1.165) is 24.8 Å². The van der Waals surface area contributed by atoms with Gasteiger partial charge in [-0.1, -0.05) is 31.5 Å². The number of nitrogens with zero attached hydrogens (tertiary/aromatic N) is 1. The van der Waals surface area contributed by atoms with Crippen molar-refractivity contribution in [1.82, 2.24) is 10.4 Å². The van der Waals surface area contributed by atoms with E-state index in [-0.39, 0.29) is 0 Å². The third kappa shape index (κ3) is 2.81. The van der Waals surface area contributed by atoms with Crippen LogP contribution in [0.1, 0.15) is 25.3 Å². The van der Waals surface area contributed by atoms with E-state index in [0.29, 0.717) is 6.04 Å². The third-order valence-electron chi connectivity index (χ3n) is 3.08. The van der Waals surface area contributed by atoms with E-state index in [1.807, 2.05) is 18.3 Å². The lowest BCUT2D eigenvalue weighted by molar-refractivity contribution is 0.487. The van der Waals surface area contributed by atoms with Gasteiger partial charge in [0.15, 0.2) is 0 Å². The number of rotatable bonds is 5. The van der Waals surface area contributed by atoms with E-state index in [4.69, 9.17) is 5.84 Å². The number of benzene rings is 1. The molecular formula is C14H19N3. The maximum absolute atomic E-state index is 5.59. The van der Waals surface area contributed by atoms with Crippen LogP contribution in [0.3, 0.4) is 0 Å². The summed E-state index contributed by atoms with van der Waals surface area (Å²) in [4.78, 5) is 4.37. The van der Waals surface area contributed by atoms with Crippen LogP contribution in [0.4, 0.5) is 0 Å². The standard InChI is InChI=1S/C14H19N3/c1-2-5-12(17-15)10-11-8-9-16-14-7-4-3-6-13(11)14/h3-4,6-9,12,17H,2,5,10,15H2,1H3. The maximum Gasteiger partial charge on any atom is 0.0704 e. The van der Waals surface area contributed by atoms with Gasteiger partial charge in [0.1, 0.15) is 0 Å². The zero-order valence-corrected chi connectivity index (χ0v) is 10.2. The van der Waals surface area contributed by atoms with Gasteiger partial charge in [0.05, 0.1) is 5.52 Å². The summed E-state index contributed by atoms with van der Waals surface area (Å²) in [5, 5.41) is 1.23. The molecule has 0 amide bonds. The van der Waals surface area contributed by atoms with Crippen LogP contribution < -0.4 is 11.3 Å². The third-order valence-corrected chi connectivity index (χ3v) is 3.08. The van der Waals surface area contributed by atoms with Gasteiger partial charge in [0.2, 0.25) is 0 Å². The highest BCUT2D eigenvalue weighted by atomic mass is 15.2. The summed E-state index contributed by atoms with van der Waals surface area (Å²) in [6, 6.07) is 10.7. The topological polar surface area (TPSA) is 50.9 Å². The van der Waals surface area contributed by atoms with Gasteiger partial charge in [-0.05, 0) is 30.5 Å². The molecule has 2 rings (SSSR count). The van der Waals surface area contributed by atoms with Crippen molar-refractivity contribution in [1.29, 1.82) is 0 Å². The Bertz CT molecular complexity index is 476. The van der Waals surface area contributed by atoms with E-state index < -0.39 is 0 Å². The van der Waals surface area contributed by atoms with Crippen molar-refractivity contribution in [2.24, 2.45) is 5.84 Å². The van der Waals surface area contributed by atoms with Gasteiger partial charge in [0.25, 0.3) is 0 Å². The molecule has 2 aromatic rings. The number of para-hydroxylation sites is 1. The second kappa shape index (κ2) is 5.75. The van der Waals surface area contributed by atoms with Gasteiger partial charge in [-0.2, -0.15) is 0 Å². The van der Waals surface area contributed by atoms with Crippen LogP contribution in [-0.4, -0.2) is 11.0 Å². The highest BCUT2D eigenvalue weighted by molar-refractivity contribution is 5.81. The molecule has 0 saturated carbocycles. The van der Waals surface area contributed by atoms with E-state index in [2.05, 4.69) is 35.5 Å². The fourth-order valence-corrected chi connectivity index (χ4v) is 2.19. The molecule has 0 radical (unpaired) electrons. The predicted molar refractivity (Wildman–Crippen MR) is 71.5 cm³/mol. The summed E-state index contributed by atoms with van der Waals surface area (Å²) in [7, 11) is 0. The van der Waals surface area contributed by atoms with Crippen molar-refractivity contribution < 1.29 is 0 Å². The molecule has 1 atom stereocenters. The first-order valence-corrected chi connectivity index (χ1v) is 6.14. The first-order chi connectivity index (χ1) is 8.35. The molecule has 3 nitrogen and oxygen atoms in total. The van der Waals surface area contributed by atoms with Crippen LogP contribution in [0, 0.1) is 0 Å². The number of hydrazine groups is 1. The number of nitrogens with two attached hydrogens (primary N) is 1. The zero-order chi connectivity index (χ0) is 12.1. The predicted octanol–water partition coefficient (Wildman–Crippen LogP) is 2.41. The van der Waals surface area contributed by atoms with Gasteiger partial charge < -0.3 is 0 Å². The summed E-state index contributed by atoms with van der Waals surface area (Å²) in [5.41, 5.74) is 5.26. The van der Waals surface area contributed by atoms with Gasteiger partial charge >= 0.3 is 0 Å². The molecule has 17 heavy (non-hydrogen) atoms. The fourth-order valence-electron chi connectivity index (χ4n) is 2.19. The van der Waals surface area contributed by atoms with Crippen molar-refractivity contribution >= 4 is 10.9 Å². The molecule has 0 spiro atoms. The number of nitrogens with one attached hydrogen (secondary N) is 1. The molecule has 1 aromatic heterocycles. The van der Waals surface area contributed by atoms with Crippen LogP contribution >= 0.6 is 0 Å². The normalized spacial score (nSPS) is 12.8. The molecule has 0 fully saturated rings. The number of hydrogen-bond donors (Lipinski definition) is 2. The fraction of sp³-hybridized carbons (Fsp3) is 0.357. The van der Waals surface area contributed by atoms with Crippen molar-refractivity contribution in [3.05, 3.63) is 42.1 Å². The Hall–Kier alpha value is -1.45. The SMILES string of the molecule is CCCC(Cc1ccnc2ccccc12)NN. The molecule has 3 heteroatoms. The first-order valence-electron chi connectivity index (χ1n) is 6.14. The maximum atomic E-state index is 5.59. The average Bonchev–Trinajstić information content (AvgIpc) is 2.38. The molecule has 3 N–H and O–H groups in total. The number of fused-ring (bicyclic) bond motifs is 1. The lowest BCUT2D eigenvalue weighted by Crippen LogP contribution is -2.36. The smallest absolute Gasteiger partial charge is 0.0704 e. The Labute approximate surface area is 102 Å². The summed E-state index contributed by atoms with van der Waals surface area (Å²) < 4.78 is 0.